The van der Waals surface area contributed by atoms with Crippen LogP contribution in [0.2, 0.25) is 0 Å². The molecule has 0 aliphatic heterocycles. The van der Waals surface area contributed by atoms with Gasteiger partial charge in [-0.25, -0.2) is 9.78 Å². The highest BCUT2D eigenvalue weighted by Gasteiger charge is 2.12. The summed E-state index contributed by atoms with van der Waals surface area (Å²) in [5, 5.41) is 9.13. The molecule has 0 spiro atoms. The van der Waals surface area contributed by atoms with Crippen molar-refractivity contribution in [3.05, 3.63) is 30.1 Å². The van der Waals surface area contributed by atoms with Crippen LogP contribution in [0.3, 0.4) is 0 Å². The summed E-state index contributed by atoms with van der Waals surface area (Å²) in [4.78, 5) is 17.6. The number of para-hydroxylation sites is 1. The molecule has 2 aromatic rings. The van der Waals surface area contributed by atoms with Crippen molar-refractivity contribution in [1.82, 2.24) is 14.5 Å². The molecule has 0 fully saturated rings. The number of hydrogen-bond acceptors (Lipinski definition) is 3. The molecule has 0 aliphatic carbocycles. The summed E-state index contributed by atoms with van der Waals surface area (Å²) in [6, 6.07) is 5.74. The van der Waals surface area contributed by atoms with Gasteiger partial charge in [-0.3, -0.25) is 0 Å². The van der Waals surface area contributed by atoms with Crippen LogP contribution in [-0.4, -0.2) is 45.2 Å². The summed E-state index contributed by atoms with van der Waals surface area (Å²) < 4.78 is 2.00. The molecule has 1 heterocycles. The van der Waals surface area contributed by atoms with E-state index in [1.807, 2.05) is 10.6 Å². The highest BCUT2D eigenvalue weighted by Crippen LogP contribution is 2.17. The number of imidazole rings is 1. The number of benzene rings is 1. The first-order valence-corrected chi connectivity index (χ1v) is 6.38. The Bertz CT molecular complexity index is 589. The van der Waals surface area contributed by atoms with E-state index in [4.69, 9.17) is 5.11 Å². The molecule has 2 rings (SSSR count). The Morgan fingerprint density at radius 3 is 2.84 bits per heavy atom. The lowest BCUT2D eigenvalue weighted by Gasteiger charge is -2.21. The highest BCUT2D eigenvalue weighted by atomic mass is 16.4. The van der Waals surface area contributed by atoms with Gasteiger partial charge in [0.05, 0.1) is 17.4 Å². The van der Waals surface area contributed by atoms with Crippen LogP contribution in [0.1, 0.15) is 24.2 Å². The summed E-state index contributed by atoms with van der Waals surface area (Å²) in [5.41, 5.74) is 1.69. The summed E-state index contributed by atoms with van der Waals surface area (Å²) in [6.45, 7) is 6.00. The van der Waals surface area contributed by atoms with Gasteiger partial charge in [-0.1, -0.05) is 6.07 Å². The second-order valence-corrected chi connectivity index (χ2v) is 4.99. The van der Waals surface area contributed by atoms with Crippen LogP contribution in [0.25, 0.3) is 11.0 Å². The van der Waals surface area contributed by atoms with Gasteiger partial charge in [-0.15, -0.1) is 0 Å². The molecule has 5 nitrogen and oxygen atoms in total. The number of rotatable bonds is 5. The molecule has 19 heavy (non-hydrogen) atoms. The Morgan fingerprint density at radius 2 is 2.21 bits per heavy atom. The predicted octanol–water partition coefficient (Wildman–Crippen LogP) is 2.07. The first kappa shape index (κ1) is 13.5. The molecule has 1 aromatic carbocycles. The number of aromatic nitrogens is 2. The SMILES string of the molecule is CC(C)N(C)CCn1cnc2c(C(=O)O)cccc21. The third-order valence-corrected chi connectivity index (χ3v) is 3.46. The van der Waals surface area contributed by atoms with Crippen molar-refractivity contribution < 1.29 is 9.90 Å². The predicted molar refractivity (Wildman–Crippen MR) is 74.5 cm³/mol. The average Bonchev–Trinajstić information content (AvgIpc) is 2.78. The first-order chi connectivity index (χ1) is 9.00. The maximum atomic E-state index is 11.1. The number of hydrogen-bond donors (Lipinski definition) is 1. The Labute approximate surface area is 112 Å². The van der Waals surface area contributed by atoms with Crippen LogP contribution in [0.5, 0.6) is 0 Å². The van der Waals surface area contributed by atoms with Crippen molar-refractivity contribution >= 4 is 17.0 Å². The zero-order chi connectivity index (χ0) is 14.0. The zero-order valence-corrected chi connectivity index (χ0v) is 11.5. The van der Waals surface area contributed by atoms with Crippen molar-refractivity contribution in [2.45, 2.75) is 26.4 Å². The number of aromatic carboxylic acids is 1. The Balaban J connectivity index is 2.26. The molecular formula is C14H19N3O2. The molecule has 102 valence electrons. The number of carboxylic acid groups (broad SMARTS) is 1. The lowest BCUT2D eigenvalue weighted by atomic mass is 10.2. The molecule has 5 heteroatoms. The van der Waals surface area contributed by atoms with Crippen molar-refractivity contribution in [2.24, 2.45) is 0 Å². The van der Waals surface area contributed by atoms with Gasteiger partial charge in [0.1, 0.15) is 5.52 Å². The second kappa shape index (κ2) is 5.40. The molecule has 1 aromatic heterocycles. The van der Waals surface area contributed by atoms with E-state index in [2.05, 4.69) is 30.8 Å². The van der Waals surface area contributed by atoms with Crippen molar-refractivity contribution in [3.63, 3.8) is 0 Å². The first-order valence-electron chi connectivity index (χ1n) is 6.38. The van der Waals surface area contributed by atoms with Gasteiger partial charge in [-0.2, -0.15) is 0 Å². The van der Waals surface area contributed by atoms with Gasteiger partial charge in [0, 0.05) is 19.1 Å². The molecule has 0 atom stereocenters. The molecule has 0 bridgehead atoms. The van der Waals surface area contributed by atoms with E-state index in [0.717, 1.165) is 18.6 Å². The largest absolute Gasteiger partial charge is 0.478 e. The summed E-state index contributed by atoms with van der Waals surface area (Å²) in [6.07, 6.45) is 1.71. The molecule has 0 unspecified atom stereocenters. The number of fused-ring (bicyclic) bond motifs is 1. The van der Waals surface area contributed by atoms with Crippen molar-refractivity contribution in [1.29, 1.82) is 0 Å². The van der Waals surface area contributed by atoms with Crippen LogP contribution >= 0.6 is 0 Å². The molecule has 0 radical (unpaired) electrons. The fraction of sp³-hybridized carbons (Fsp3) is 0.429. The maximum absolute atomic E-state index is 11.1. The molecule has 0 saturated carbocycles. The minimum atomic E-state index is -0.935. The lowest BCUT2D eigenvalue weighted by molar-refractivity contribution is 0.0699. The number of carbonyl (C=O) groups is 1. The zero-order valence-electron chi connectivity index (χ0n) is 11.5. The van der Waals surface area contributed by atoms with Crippen LogP contribution in [-0.2, 0) is 6.54 Å². The monoisotopic (exact) mass is 261 g/mol. The van der Waals surface area contributed by atoms with Crippen molar-refractivity contribution in [2.75, 3.05) is 13.6 Å². The van der Waals surface area contributed by atoms with E-state index >= 15 is 0 Å². The Morgan fingerprint density at radius 1 is 1.47 bits per heavy atom. The summed E-state index contributed by atoms with van der Waals surface area (Å²) in [5.74, 6) is -0.935. The van der Waals surface area contributed by atoms with Crippen LogP contribution in [0, 0.1) is 0 Å². The molecule has 1 N–H and O–H groups in total. The van der Waals surface area contributed by atoms with Gasteiger partial charge >= 0.3 is 5.97 Å². The molecule has 0 saturated heterocycles. The van der Waals surface area contributed by atoms with E-state index in [-0.39, 0.29) is 5.56 Å². The fourth-order valence-electron chi connectivity index (χ4n) is 1.96. The van der Waals surface area contributed by atoms with Gasteiger partial charge < -0.3 is 14.6 Å². The maximum Gasteiger partial charge on any atom is 0.337 e. The van der Waals surface area contributed by atoms with Crippen molar-refractivity contribution in [3.8, 4) is 0 Å². The van der Waals surface area contributed by atoms with Gasteiger partial charge in [0.15, 0.2) is 0 Å². The van der Waals surface area contributed by atoms with Crippen LogP contribution < -0.4 is 0 Å². The quantitative estimate of drug-likeness (QED) is 0.895. The second-order valence-electron chi connectivity index (χ2n) is 4.99. The standard InChI is InChI=1S/C14H19N3O2/c1-10(2)16(3)7-8-17-9-15-13-11(14(18)19)5-4-6-12(13)17/h4-6,9-10H,7-8H2,1-3H3,(H,18,19). The number of nitrogens with zero attached hydrogens (tertiary/aromatic N) is 3. The van der Waals surface area contributed by atoms with Gasteiger partial charge in [0.25, 0.3) is 0 Å². The van der Waals surface area contributed by atoms with E-state index in [0.29, 0.717) is 11.6 Å². The number of likely N-dealkylation sites (N-methyl/N-ethyl adjacent to an activating group) is 1. The van der Waals surface area contributed by atoms with E-state index in [1.54, 1.807) is 18.5 Å². The van der Waals surface area contributed by atoms with Gasteiger partial charge in [-0.05, 0) is 33.0 Å². The third kappa shape index (κ3) is 2.76. The molecule has 0 aliphatic rings. The average molecular weight is 261 g/mol. The molecular weight excluding hydrogens is 242 g/mol. The smallest absolute Gasteiger partial charge is 0.337 e. The highest BCUT2D eigenvalue weighted by molar-refractivity contribution is 6.00. The Kier molecular flexibility index (Phi) is 3.85. The normalized spacial score (nSPS) is 11.6. The third-order valence-electron chi connectivity index (χ3n) is 3.46. The van der Waals surface area contributed by atoms with E-state index < -0.39 is 5.97 Å². The summed E-state index contributed by atoms with van der Waals surface area (Å²) >= 11 is 0. The minimum Gasteiger partial charge on any atom is -0.478 e. The van der Waals surface area contributed by atoms with Gasteiger partial charge in [0.2, 0.25) is 0 Å². The lowest BCUT2D eigenvalue weighted by Crippen LogP contribution is -2.29. The topological polar surface area (TPSA) is 58.4 Å². The van der Waals surface area contributed by atoms with Crippen LogP contribution in [0.4, 0.5) is 0 Å². The fourth-order valence-corrected chi connectivity index (χ4v) is 1.96. The summed E-state index contributed by atoms with van der Waals surface area (Å²) in [7, 11) is 2.08. The van der Waals surface area contributed by atoms with E-state index in [1.165, 1.54) is 0 Å². The Hall–Kier alpha value is -1.88. The molecule has 0 amide bonds. The number of carboxylic acids is 1. The van der Waals surface area contributed by atoms with Crippen LogP contribution in [0.15, 0.2) is 24.5 Å². The minimum absolute atomic E-state index is 0.258. The van der Waals surface area contributed by atoms with E-state index in [9.17, 15) is 4.79 Å².